The van der Waals surface area contributed by atoms with Crippen molar-refractivity contribution in [2.75, 3.05) is 19.6 Å². The maximum absolute atomic E-state index is 7.17. The van der Waals surface area contributed by atoms with Crippen molar-refractivity contribution in [3.8, 4) is 0 Å². The monoisotopic (exact) mass is 213 g/mol. The summed E-state index contributed by atoms with van der Waals surface area (Å²) in [6, 6.07) is 0. The zero-order valence-corrected chi connectivity index (χ0v) is 10.6. The van der Waals surface area contributed by atoms with Gasteiger partial charge in [0.15, 0.2) is 0 Å². The molecule has 0 rings (SSSR count). The molecule has 0 heterocycles. The van der Waals surface area contributed by atoms with E-state index in [4.69, 9.17) is 11.1 Å². The minimum absolute atomic E-state index is 0.314. The van der Waals surface area contributed by atoms with Gasteiger partial charge in [0.25, 0.3) is 0 Å². The lowest BCUT2D eigenvalue weighted by Crippen LogP contribution is -2.30. The number of nitrogens with zero attached hydrogens (tertiary/aromatic N) is 1. The zero-order chi connectivity index (χ0) is 11.7. The number of rotatable bonds is 9. The molecule has 0 saturated heterocycles. The van der Waals surface area contributed by atoms with Crippen LogP contribution in [0.3, 0.4) is 0 Å². The fraction of sp³-hybridized carbons (Fsp3) is 0.917. The summed E-state index contributed by atoms with van der Waals surface area (Å²) in [6.07, 6.45) is 4.28. The Labute approximate surface area is 94.5 Å². The summed E-state index contributed by atoms with van der Waals surface area (Å²) in [6.45, 7) is 10.1. The number of nitrogens with two attached hydrogens (primary N) is 1. The van der Waals surface area contributed by atoms with Crippen LogP contribution in [0.5, 0.6) is 0 Å². The summed E-state index contributed by atoms with van der Waals surface area (Å²) in [5.41, 5.74) is 5.34. The lowest BCUT2D eigenvalue weighted by molar-refractivity contribution is 0.232. The van der Waals surface area contributed by atoms with E-state index in [0.717, 1.165) is 31.8 Å². The first kappa shape index (κ1) is 14.4. The molecule has 15 heavy (non-hydrogen) atoms. The first-order chi connectivity index (χ1) is 7.13. The van der Waals surface area contributed by atoms with Crippen LogP contribution in [0.1, 0.15) is 46.5 Å². The molecule has 0 aromatic rings. The Morgan fingerprint density at radius 1 is 1.27 bits per heavy atom. The number of hydrogen-bond acceptors (Lipinski definition) is 2. The fourth-order valence-electron chi connectivity index (χ4n) is 1.78. The molecule has 0 aliphatic heterocycles. The van der Waals surface area contributed by atoms with Crippen LogP contribution >= 0.6 is 0 Å². The maximum Gasteiger partial charge on any atom is 0.0905 e. The SMILES string of the molecule is CCC(CC)CN(CC)CCCC(=N)N. The first-order valence-corrected chi connectivity index (χ1v) is 6.19. The molecule has 0 atom stereocenters. The van der Waals surface area contributed by atoms with Crippen molar-refractivity contribution >= 4 is 5.84 Å². The quantitative estimate of drug-likeness (QED) is 0.456. The van der Waals surface area contributed by atoms with E-state index in [1.807, 2.05) is 0 Å². The normalized spacial score (nSPS) is 11.3. The Bertz CT molecular complexity index is 164. The minimum atomic E-state index is 0.314. The highest BCUT2D eigenvalue weighted by Gasteiger charge is 2.09. The van der Waals surface area contributed by atoms with Crippen LogP contribution in [-0.2, 0) is 0 Å². The standard InChI is InChI=1S/C12H27N3/c1-4-11(5-2)10-15(6-3)9-7-8-12(13)14/h11H,4-10H2,1-3H3,(H3,13,14). The molecule has 0 aromatic carbocycles. The molecule has 0 aromatic heterocycles. The molecular weight excluding hydrogens is 186 g/mol. The lowest BCUT2D eigenvalue weighted by atomic mass is 10.0. The van der Waals surface area contributed by atoms with Crippen LogP contribution in [0.2, 0.25) is 0 Å². The van der Waals surface area contributed by atoms with Crippen molar-refractivity contribution in [3.63, 3.8) is 0 Å². The third-order valence-corrected chi connectivity index (χ3v) is 3.04. The Morgan fingerprint density at radius 3 is 2.27 bits per heavy atom. The second-order valence-electron chi connectivity index (χ2n) is 4.20. The molecular formula is C12H27N3. The zero-order valence-electron chi connectivity index (χ0n) is 10.6. The highest BCUT2D eigenvalue weighted by Crippen LogP contribution is 2.10. The number of nitrogens with one attached hydrogen (secondary N) is 1. The van der Waals surface area contributed by atoms with E-state index in [0.29, 0.717) is 5.84 Å². The van der Waals surface area contributed by atoms with Gasteiger partial charge in [0.05, 0.1) is 5.84 Å². The van der Waals surface area contributed by atoms with E-state index >= 15 is 0 Å². The van der Waals surface area contributed by atoms with Gasteiger partial charge >= 0.3 is 0 Å². The van der Waals surface area contributed by atoms with Gasteiger partial charge in [-0.05, 0) is 25.4 Å². The molecule has 0 aliphatic rings. The van der Waals surface area contributed by atoms with Gasteiger partial charge in [0, 0.05) is 13.0 Å². The van der Waals surface area contributed by atoms with Crippen molar-refractivity contribution in [3.05, 3.63) is 0 Å². The summed E-state index contributed by atoms with van der Waals surface area (Å²) < 4.78 is 0. The van der Waals surface area contributed by atoms with Gasteiger partial charge in [-0.2, -0.15) is 0 Å². The maximum atomic E-state index is 7.17. The molecule has 0 saturated carbocycles. The molecule has 0 fully saturated rings. The predicted molar refractivity (Wildman–Crippen MR) is 67.3 cm³/mol. The van der Waals surface area contributed by atoms with Gasteiger partial charge in [-0.1, -0.05) is 33.6 Å². The predicted octanol–water partition coefficient (Wildman–Crippen LogP) is 2.46. The number of amidine groups is 1. The van der Waals surface area contributed by atoms with Crippen molar-refractivity contribution in [2.45, 2.75) is 46.5 Å². The highest BCUT2D eigenvalue weighted by atomic mass is 15.1. The van der Waals surface area contributed by atoms with Crippen LogP contribution < -0.4 is 5.73 Å². The molecule has 0 unspecified atom stereocenters. The highest BCUT2D eigenvalue weighted by molar-refractivity contribution is 5.76. The molecule has 0 bridgehead atoms. The Balaban J connectivity index is 3.76. The van der Waals surface area contributed by atoms with Gasteiger partial charge < -0.3 is 10.6 Å². The largest absolute Gasteiger partial charge is 0.388 e. The number of hydrogen-bond donors (Lipinski definition) is 2. The summed E-state index contributed by atoms with van der Waals surface area (Å²) in [4.78, 5) is 2.47. The molecule has 0 radical (unpaired) electrons. The third kappa shape index (κ3) is 7.37. The van der Waals surface area contributed by atoms with Crippen LogP contribution in [0.15, 0.2) is 0 Å². The van der Waals surface area contributed by atoms with E-state index in [1.165, 1.54) is 19.4 Å². The lowest BCUT2D eigenvalue weighted by Gasteiger charge is -2.25. The average molecular weight is 213 g/mol. The van der Waals surface area contributed by atoms with E-state index in [9.17, 15) is 0 Å². The van der Waals surface area contributed by atoms with Crippen LogP contribution in [-0.4, -0.2) is 30.4 Å². The van der Waals surface area contributed by atoms with Crippen molar-refractivity contribution in [2.24, 2.45) is 11.7 Å². The molecule has 90 valence electrons. The van der Waals surface area contributed by atoms with E-state index in [1.54, 1.807) is 0 Å². The van der Waals surface area contributed by atoms with Crippen molar-refractivity contribution in [1.29, 1.82) is 5.41 Å². The Kier molecular flexibility index (Phi) is 8.38. The van der Waals surface area contributed by atoms with Gasteiger partial charge in [0.2, 0.25) is 0 Å². The summed E-state index contributed by atoms with van der Waals surface area (Å²) in [7, 11) is 0. The second-order valence-corrected chi connectivity index (χ2v) is 4.20. The van der Waals surface area contributed by atoms with Crippen LogP contribution in [0.25, 0.3) is 0 Å². The molecule has 3 heteroatoms. The summed E-state index contributed by atoms with van der Waals surface area (Å²) >= 11 is 0. The molecule has 0 amide bonds. The van der Waals surface area contributed by atoms with Crippen molar-refractivity contribution < 1.29 is 0 Å². The molecule has 0 spiro atoms. The third-order valence-electron chi connectivity index (χ3n) is 3.04. The van der Waals surface area contributed by atoms with E-state index in [-0.39, 0.29) is 0 Å². The Morgan fingerprint density at radius 2 is 1.87 bits per heavy atom. The second kappa shape index (κ2) is 8.72. The van der Waals surface area contributed by atoms with E-state index in [2.05, 4.69) is 25.7 Å². The smallest absolute Gasteiger partial charge is 0.0905 e. The molecule has 0 aliphatic carbocycles. The van der Waals surface area contributed by atoms with Gasteiger partial charge in [-0.3, -0.25) is 5.41 Å². The van der Waals surface area contributed by atoms with Crippen molar-refractivity contribution in [1.82, 2.24) is 4.90 Å². The van der Waals surface area contributed by atoms with Gasteiger partial charge in [-0.15, -0.1) is 0 Å². The molecule has 3 N–H and O–H groups in total. The van der Waals surface area contributed by atoms with Crippen LogP contribution in [0, 0.1) is 11.3 Å². The fourth-order valence-corrected chi connectivity index (χ4v) is 1.78. The average Bonchev–Trinajstić information content (AvgIpc) is 2.22. The van der Waals surface area contributed by atoms with Gasteiger partial charge in [-0.25, -0.2) is 0 Å². The summed E-state index contributed by atoms with van der Waals surface area (Å²) in [5.74, 6) is 1.14. The van der Waals surface area contributed by atoms with E-state index < -0.39 is 0 Å². The van der Waals surface area contributed by atoms with Gasteiger partial charge in [0.1, 0.15) is 0 Å². The molecule has 3 nitrogen and oxygen atoms in total. The Hall–Kier alpha value is -0.570. The minimum Gasteiger partial charge on any atom is -0.388 e. The first-order valence-electron chi connectivity index (χ1n) is 6.19. The summed E-state index contributed by atoms with van der Waals surface area (Å²) in [5, 5.41) is 7.17. The topological polar surface area (TPSA) is 53.1 Å². The van der Waals surface area contributed by atoms with Crippen LogP contribution in [0.4, 0.5) is 0 Å².